The van der Waals surface area contributed by atoms with Gasteiger partial charge in [-0.1, -0.05) is 42.6 Å². The van der Waals surface area contributed by atoms with E-state index in [1.165, 1.54) is 0 Å². The van der Waals surface area contributed by atoms with E-state index in [0.29, 0.717) is 5.02 Å². The standard InChI is InChI=1S/C24H23ClN2O2/c25-16-8-6-15(7-9-16)24(12-1-2-13-24)23(29)26-17-10-11-19-18-4-3-5-20(18)22(28)27-21(19)14-17/h6-11,14H,1-5,12-13H2,(H,26,29)(H,27,28). The minimum Gasteiger partial charge on any atom is -0.325 e. The molecule has 3 aromatic rings. The average Bonchev–Trinajstić information content (AvgIpc) is 3.39. The molecule has 0 spiro atoms. The summed E-state index contributed by atoms with van der Waals surface area (Å²) >= 11 is 6.05. The van der Waals surface area contributed by atoms with E-state index >= 15 is 0 Å². The monoisotopic (exact) mass is 406 g/mol. The number of carbonyl (C=O) groups is 1. The van der Waals surface area contributed by atoms with E-state index in [-0.39, 0.29) is 11.5 Å². The Balaban J connectivity index is 1.49. The summed E-state index contributed by atoms with van der Waals surface area (Å²) in [6, 6.07) is 13.5. The number of aromatic nitrogens is 1. The van der Waals surface area contributed by atoms with Crippen LogP contribution in [0.1, 0.15) is 48.8 Å². The first-order chi connectivity index (χ1) is 14.1. The molecule has 1 saturated carbocycles. The number of aromatic amines is 1. The zero-order valence-corrected chi connectivity index (χ0v) is 16.9. The van der Waals surface area contributed by atoms with Gasteiger partial charge in [-0.3, -0.25) is 9.59 Å². The highest BCUT2D eigenvalue weighted by molar-refractivity contribution is 6.30. The first kappa shape index (κ1) is 18.4. The van der Waals surface area contributed by atoms with E-state index < -0.39 is 5.41 Å². The molecule has 2 aliphatic carbocycles. The minimum absolute atomic E-state index is 0.00176. The normalized spacial score (nSPS) is 17.4. The molecule has 0 unspecified atom stereocenters. The lowest BCUT2D eigenvalue weighted by Crippen LogP contribution is -2.38. The molecule has 1 fully saturated rings. The molecule has 0 aliphatic heterocycles. The molecule has 2 N–H and O–H groups in total. The highest BCUT2D eigenvalue weighted by atomic mass is 35.5. The smallest absolute Gasteiger partial charge is 0.251 e. The van der Waals surface area contributed by atoms with Gasteiger partial charge in [-0.25, -0.2) is 0 Å². The number of hydrogen-bond donors (Lipinski definition) is 2. The van der Waals surface area contributed by atoms with Gasteiger partial charge in [0.2, 0.25) is 5.91 Å². The van der Waals surface area contributed by atoms with E-state index in [1.54, 1.807) is 0 Å². The Morgan fingerprint density at radius 1 is 0.966 bits per heavy atom. The van der Waals surface area contributed by atoms with Crippen molar-refractivity contribution in [2.75, 3.05) is 5.32 Å². The van der Waals surface area contributed by atoms with Crippen molar-refractivity contribution in [2.45, 2.75) is 50.4 Å². The van der Waals surface area contributed by atoms with Crippen LogP contribution in [0.25, 0.3) is 10.9 Å². The average molecular weight is 407 g/mol. The van der Waals surface area contributed by atoms with Crippen LogP contribution < -0.4 is 10.9 Å². The molecule has 1 heterocycles. The lowest BCUT2D eigenvalue weighted by molar-refractivity contribution is -0.121. The van der Waals surface area contributed by atoms with Gasteiger partial charge in [0.25, 0.3) is 5.56 Å². The van der Waals surface area contributed by atoms with Crippen LogP contribution in [-0.4, -0.2) is 10.9 Å². The fourth-order valence-electron chi connectivity index (χ4n) is 5.12. The number of amides is 1. The Morgan fingerprint density at radius 2 is 1.69 bits per heavy atom. The van der Waals surface area contributed by atoms with Crippen molar-refractivity contribution in [1.82, 2.24) is 4.98 Å². The minimum atomic E-state index is -0.523. The highest BCUT2D eigenvalue weighted by Gasteiger charge is 2.42. The third kappa shape index (κ3) is 3.06. The fraction of sp³-hybridized carbons (Fsp3) is 0.333. The van der Waals surface area contributed by atoms with Crippen LogP contribution in [0.2, 0.25) is 5.02 Å². The molecule has 5 heteroatoms. The Labute approximate surface area is 174 Å². The number of pyridine rings is 1. The van der Waals surface area contributed by atoms with Crippen LogP contribution >= 0.6 is 11.6 Å². The van der Waals surface area contributed by atoms with Crippen molar-refractivity contribution >= 4 is 34.1 Å². The van der Waals surface area contributed by atoms with Crippen LogP contribution in [0, 0.1) is 0 Å². The number of aryl methyl sites for hydroxylation is 1. The molecule has 1 aromatic heterocycles. The number of anilines is 1. The molecule has 4 nitrogen and oxygen atoms in total. The highest BCUT2D eigenvalue weighted by Crippen LogP contribution is 2.42. The van der Waals surface area contributed by atoms with Crippen molar-refractivity contribution in [3.63, 3.8) is 0 Å². The number of rotatable bonds is 3. The van der Waals surface area contributed by atoms with Crippen LogP contribution in [-0.2, 0) is 23.1 Å². The van der Waals surface area contributed by atoms with Gasteiger partial charge in [-0.15, -0.1) is 0 Å². The molecule has 2 aliphatic rings. The summed E-state index contributed by atoms with van der Waals surface area (Å²) in [6.45, 7) is 0. The second-order valence-electron chi connectivity index (χ2n) is 8.28. The number of benzene rings is 2. The predicted octanol–water partition coefficient (Wildman–Crippen LogP) is 5.12. The second kappa shape index (κ2) is 7.03. The van der Waals surface area contributed by atoms with Crippen molar-refractivity contribution in [3.8, 4) is 0 Å². The SMILES string of the molecule is O=C(Nc1ccc2c3c(c(=O)[nH]c2c1)CCC3)C1(c2ccc(Cl)cc2)CCCC1. The summed E-state index contributed by atoms with van der Waals surface area (Å²) in [5.74, 6) is 0.0141. The van der Waals surface area contributed by atoms with E-state index in [2.05, 4.69) is 10.3 Å². The topological polar surface area (TPSA) is 62.0 Å². The molecular weight excluding hydrogens is 384 g/mol. The molecular formula is C24H23ClN2O2. The van der Waals surface area contributed by atoms with Gasteiger partial charge in [0.15, 0.2) is 0 Å². The Morgan fingerprint density at radius 3 is 2.45 bits per heavy atom. The van der Waals surface area contributed by atoms with Crippen LogP contribution in [0.4, 0.5) is 5.69 Å². The number of carbonyl (C=O) groups excluding carboxylic acids is 1. The fourth-order valence-corrected chi connectivity index (χ4v) is 5.25. The number of hydrogen-bond acceptors (Lipinski definition) is 2. The van der Waals surface area contributed by atoms with Gasteiger partial charge in [0.05, 0.1) is 10.9 Å². The quantitative estimate of drug-likeness (QED) is 0.634. The Hall–Kier alpha value is -2.59. The van der Waals surface area contributed by atoms with Gasteiger partial charge in [0.1, 0.15) is 0 Å². The van der Waals surface area contributed by atoms with Crippen molar-refractivity contribution < 1.29 is 4.79 Å². The third-order valence-corrected chi connectivity index (χ3v) is 6.88. The van der Waals surface area contributed by atoms with Crippen molar-refractivity contribution in [3.05, 3.63) is 74.5 Å². The molecule has 0 bridgehead atoms. The van der Waals surface area contributed by atoms with Gasteiger partial charge in [-0.05, 0) is 67.5 Å². The Kier molecular flexibility index (Phi) is 4.47. The van der Waals surface area contributed by atoms with E-state index in [4.69, 9.17) is 11.6 Å². The van der Waals surface area contributed by atoms with Crippen LogP contribution in [0.15, 0.2) is 47.3 Å². The maximum Gasteiger partial charge on any atom is 0.251 e. The van der Waals surface area contributed by atoms with Crippen LogP contribution in [0.5, 0.6) is 0 Å². The van der Waals surface area contributed by atoms with E-state index in [0.717, 1.165) is 78.2 Å². The third-order valence-electron chi connectivity index (χ3n) is 6.63. The van der Waals surface area contributed by atoms with Gasteiger partial charge in [0, 0.05) is 21.7 Å². The largest absolute Gasteiger partial charge is 0.325 e. The zero-order valence-electron chi connectivity index (χ0n) is 16.2. The van der Waals surface area contributed by atoms with Crippen LogP contribution in [0.3, 0.4) is 0 Å². The summed E-state index contributed by atoms with van der Waals surface area (Å²) in [7, 11) is 0. The summed E-state index contributed by atoms with van der Waals surface area (Å²) in [4.78, 5) is 28.8. The van der Waals surface area contributed by atoms with E-state index in [9.17, 15) is 9.59 Å². The lowest BCUT2D eigenvalue weighted by atomic mass is 9.78. The van der Waals surface area contributed by atoms with Gasteiger partial charge < -0.3 is 10.3 Å². The zero-order chi connectivity index (χ0) is 20.0. The molecule has 1 amide bonds. The molecule has 29 heavy (non-hydrogen) atoms. The molecule has 148 valence electrons. The molecule has 2 aromatic carbocycles. The van der Waals surface area contributed by atoms with Gasteiger partial charge in [-0.2, -0.15) is 0 Å². The summed E-state index contributed by atoms with van der Waals surface area (Å²) < 4.78 is 0. The summed E-state index contributed by atoms with van der Waals surface area (Å²) in [5.41, 5.74) is 4.09. The van der Waals surface area contributed by atoms with Crippen molar-refractivity contribution in [1.29, 1.82) is 0 Å². The molecule has 0 saturated heterocycles. The second-order valence-corrected chi connectivity index (χ2v) is 8.71. The molecule has 0 atom stereocenters. The number of halogens is 1. The number of nitrogens with one attached hydrogen (secondary N) is 2. The first-order valence-corrected chi connectivity index (χ1v) is 10.7. The van der Waals surface area contributed by atoms with E-state index in [1.807, 2.05) is 42.5 Å². The number of H-pyrrole nitrogens is 1. The predicted molar refractivity (Wildman–Crippen MR) is 117 cm³/mol. The maximum absolute atomic E-state index is 13.4. The number of fused-ring (bicyclic) bond motifs is 3. The van der Waals surface area contributed by atoms with Crippen molar-refractivity contribution in [2.24, 2.45) is 0 Å². The lowest BCUT2D eigenvalue weighted by Gasteiger charge is -2.28. The maximum atomic E-state index is 13.4. The summed E-state index contributed by atoms with van der Waals surface area (Å²) in [5, 5.41) is 4.88. The molecule has 5 rings (SSSR count). The van der Waals surface area contributed by atoms with Gasteiger partial charge >= 0.3 is 0 Å². The Bertz CT molecular complexity index is 1160. The summed E-state index contributed by atoms with van der Waals surface area (Å²) in [6.07, 6.45) is 6.56. The molecule has 0 radical (unpaired) electrons. The first-order valence-electron chi connectivity index (χ1n) is 10.3.